The van der Waals surface area contributed by atoms with E-state index in [9.17, 15) is 9.18 Å². The van der Waals surface area contributed by atoms with Crippen molar-refractivity contribution in [3.8, 4) is 5.75 Å². The van der Waals surface area contributed by atoms with Crippen LogP contribution in [0.2, 0.25) is 0 Å². The van der Waals surface area contributed by atoms with Crippen LogP contribution in [0.5, 0.6) is 5.75 Å². The van der Waals surface area contributed by atoms with Crippen molar-refractivity contribution in [3.05, 3.63) is 24.0 Å². The molecule has 0 radical (unpaired) electrons. The fraction of sp³-hybridized carbons (Fsp3) is 0.500. The van der Waals surface area contributed by atoms with E-state index in [0.29, 0.717) is 18.0 Å². The molecule has 1 heterocycles. The molecule has 0 saturated carbocycles. The molecular weight excluding hydrogens is 247 g/mol. The van der Waals surface area contributed by atoms with Crippen molar-refractivity contribution in [2.75, 3.05) is 25.5 Å². The number of rotatable bonds is 5. The van der Waals surface area contributed by atoms with Crippen LogP contribution in [0.1, 0.15) is 19.3 Å². The molecule has 4 nitrogen and oxygen atoms in total. The molecule has 1 aliphatic heterocycles. The van der Waals surface area contributed by atoms with E-state index in [1.165, 1.54) is 19.2 Å². The molecule has 0 bridgehead atoms. The predicted molar refractivity (Wildman–Crippen MR) is 71.8 cm³/mol. The van der Waals surface area contributed by atoms with E-state index in [-0.39, 0.29) is 11.7 Å². The highest BCUT2D eigenvalue weighted by atomic mass is 19.1. The second-order valence-electron chi connectivity index (χ2n) is 4.80. The highest BCUT2D eigenvalue weighted by Gasteiger charge is 2.15. The third-order valence-electron chi connectivity index (χ3n) is 3.38. The first-order valence-electron chi connectivity index (χ1n) is 6.53. The molecule has 19 heavy (non-hydrogen) atoms. The quantitative estimate of drug-likeness (QED) is 0.858. The van der Waals surface area contributed by atoms with Gasteiger partial charge in [0, 0.05) is 18.2 Å². The smallest absolute Gasteiger partial charge is 0.224 e. The van der Waals surface area contributed by atoms with E-state index < -0.39 is 5.82 Å². The summed E-state index contributed by atoms with van der Waals surface area (Å²) in [6.45, 7) is 2.03. The Labute approximate surface area is 112 Å². The Morgan fingerprint density at radius 1 is 1.58 bits per heavy atom. The fourth-order valence-corrected chi connectivity index (χ4v) is 2.26. The van der Waals surface area contributed by atoms with Crippen LogP contribution in [0.4, 0.5) is 10.1 Å². The third kappa shape index (κ3) is 3.92. The van der Waals surface area contributed by atoms with Crippen molar-refractivity contribution in [3.63, 3.8) is 0 Å². The van der Waals surface area contributed by atoms with E-state index in [1.807, 2.05) is 0 Å². The Kier molecular flexibility index (Phi) is 4.74. The van der Waals surface area contributed by atoms with Crippen LogP contribution in [-0.2, 0) is 4.79 Å². The summed E-state index contributed by atoms with van der Waals surface area (Å²) in [5, 5.41) is 5.97. The molecular formula is C14H19FN2O2. The highest BCUT2D eigenvalue weighted by molar-refractivity contribution is 5.90. The van der Waals surface area contributed by atoms with Gasteiger partial charge in [0.25, 0.3) is 0 Å². The lowest BCUT2D eigenvalue weighted by molar-refractivity contribution is -0.116. The van der Waals surface area contributed by atoms with Gasteiger partial charge in [-0.1, -0.05) is 0 Å². The largest absolute Gasteiger partial charge is 0.494 e. The summed E-state index contributed by atoms with van der Waals surface area (Å²) in [7, 11) is 1.41. The van der Waals surface area contributed by atoms with Gasteiger partial charge in [-0.3, -0.25) is 4.79 Å². The molecule has 104 valence electrons. The first-order chi connectivity index (χ1) is 9.19. The molecule has 1 aromatic carbocycles. The summed E-state index contributed by atoms with van der Waals surface area (Å²) < 4.78 is 18.3. The summed E-state index contributed by atoms with van der Waals surface area (Å²) in [5.74, 6) is 0.213. The van der Waals surface area contributed by atoms with Gasteiger partial charge in [-0.2, -0.15) is 0 Å². The van der Waals surface area contributed by atoms with Crippen LogP contribution in [0.15, 0.2) is 18.2 Å². The minimum Gasteiger partial charge on any atom is -0.494 e. The normalized spacial score (nSPS) is 18.3. The topological polar surface area (TPSA) is 50.4 Å². The number of amides is 1. The summed E-state index contributed by atoms with van der Waals surface area (Å²) in [6, 6.07) is 4.41. The van der Waals surface area contributed by atoms with Crippen molar-refractivity contribution in [1.29, 1.82) is 0 Å². The predicted octanol–water partition coefficient (Wildman–Crippen LogP) is 2.16. The van der Waals surface area contributed by atoms with Gasteiger partial charge < -0.3 is 15.4 Å². The second kappa shape index (κ2) is 6.52. The van der Waals surface area contributed by atoms with Crippen LogP contribution in [0.3, 0.4) is 0 Å². The van der Waals surface area contributed by atoms with Crippen LogP contribution in [-0.4, -0.2) is 26.1 Å². The summed E-state index contributed by atoms with van der Waals surface area (Å²) in [5.41, 5.74) is 0.466. The molecule has 1 unspecified atom stereocenters. The van der Waals surface area contributed by atoms with Crippen molar-refractivity contribution < 1.29 is 13.9 Å². The van der Waals surface area contributed by atoms with Gasteiger partial charge in [0.15, 0.2) is 11.6 Å². The first kappa shape index (κ1) is 13.8. The van der Waals surface area contributed by atoms with E-state index >= 15 is 0 Å². The van der Waals surface area contributed by atoms with Crippen molar-refractivity contribution >= 4 is 11.6 Å². The number of benzene rings is 1. The molecule has 1 aromatic rings. The molecule has 2 N–H and O–H groups in total. The SMILES string of the molecule is COc1ccc(NC(=O)CCC2CCNC2)cc1F. The maximum Gasteiger partial charge on any atom is 0.224 e. The van der Waals surface area contributed by atoms with Crippen LogP contribution < -0.4 is 15.4 Å². The summed E-state index contributed by atoms with van der Waals surface area (Å²) in [4.78, 5) is 11.7. The Morgan fingerprint density at radius 3 is 3.05 bits per heavy atom. The van der Waals surface area contributed by atoms with E-state index in [1.54, 1.807) is 6.07 Å². The van der Waals surface area contributed by atoms with E-state index in [0.717, 1.165) is 25.9 Å². The lowest BCUT2D eigenvalue weighted by atomic mass is 10.0. The number of methoxy groups -OCH3 is 1. The average Bonchev–Trinajstić information content (AvgIpc) is 2.90. The first-order valence-corrected chi connectivity index (χ1v) is 6.53. The molecule has 0 aromatic heterocycles. The number of anilines is 1. The van der Waals surface area contributed by atoms with E-state index in [2.05, 4.69) is 10.6 Å². The highest BCUT2D eigenvalue weighted by Crippen LogP contribution is 2.21. The average molecular weight is 266 g/mol. The minimum atomic E-state index is -0.472. The van der Waals surface area contributed by atoms with E-state index in [4.69, 9.17) is 4.74 Å². The zero-order chi connectivity index (χ0) is 13.7. The fourth-order valence-electron chi connectivity index (χ4n) is 2.26. The number of carbonyl (C=O) groups is 1. The van der Waals surface area contributed by atoms with Crippen LogP contribution in [0, 0.1) is 11.7 Å². The second-order valence-corrected chi connectivity index (χ2v) is 4.80. The number of ether oxygens (including phenoxy) is 1. The van der Waals surface area contributed by atoms with Crippen molar-refractivity contribution in [2.45, 2.75) is 19.3 Å². The maximum atomic E-state index is 13.4. The maximum absolute atomic E-state index is 13.4. The lowest BCUT2D eigenvalue weighted by Crippen LogP contribution is -2.15. The third-order valence-corrected chi connectivity index (χ3v) is 3.38. The molecule has 1 aliphatic rings. The molecule has 1 saturated heterocycles. The molecule has 2 rings (SSSR count). The lowest BCUT2D eigenvalue weighted by Gasteiger charge is -2.09. The Bertz CT molecular complexity index is 445. The number of hydrogen-bond acceptors (Lipinski definition) is 3. The Morgan fingerprint density at radius 2 is 2.42 bits per heavy atom. The van der Waals surface area contributed by atoms with Gasteiger partial charge in [-0.25, -0.2) is 4.39 Å². The van der Waals surface area contributed by atoms with Gasteiger partial charge in [0.1, 0.15) is 0 Å². The van der Waals surface area contributed by atoms with Gasteiger partial charge in [0.05, 0.1) is 7.11 Å². The molecule has 0 spiro atoms. The van der Waals surface area contributed by atoms with Gasteiger partial charge in [-0.05, 0) is 44.0 Å². The zero-order valence-electron chi connectivity index (χ0n) is 11.0. The van der Waals surface area contributed by atoms with Crippen molar-refractivity contribution in [1.82, 2.24) is 5.32 Å². The van der Waals surface area contributed by atoms with Crippen molar-refractivity contribution in [2.24, 2.45) is 5.92 Å². The Hall–Kier alpha value is -1.62. The zero-order valence-corrected chi connectivity index (χ0v) is 11.0. The minimum absolute atomic E-state index is 0.0727. The molecule has 1 fully saturated rings. The molecule has 0 aliphatic carbocycles. The Balaban J connectivity index is 1.82. The van der Waals surface area contributed by atoms with Crippen LogP contribution in [0.25, 0.3) is 0 Å². The summed E-state index contributed by atoms with van der Waals surface area (Å²) in [6.07, 6.45) is 2.47. The molecule has 1 amide bonds. The van der Waals surface area contributed by atoms with Gasteiger partial charge in [-0.15, -0.1) is 0 Å². The number of hydrogen-bond donors (Lipinski definition) is 2. The monoisotopic (exact) mass is 266 g/mol. The standard InChI is InChI=1S/C14H19FN2O2/c1-19-13-4-3-11(8-12(13)15)17-14(18)5-2-10-6-7-16-9-10/h3-4,8,10,16H,2,5-7,9H2,1H3,(H,17,18). The summed E-state index contributed by atoms with van der Waals surface area (Å²) >= 11 is 0. The number of halogens is 1. The molecule has 1 atom stereocenters. The van der Waals surface area contributed by atoms with Crippen LogP contribution >= 0.6 is 0 Å². The number of carbonyl (C=O) groups excluding carboxylic acids is 1. The molecule has 5 heteroatoms. The van der Waals surface area contributed by atoms with Gasteiger partial charge in [0.2, 0.25) is 5.91 Å². The number of nitrogens with one attached hydrogen (secondary N) is 2. The van der Waals surface area contributed by atoms with Gasteiger partial charge >= 0.3 is 0 Å².